The molecule has 0 fully saturated rings. The van der Waals surface area contributed by atoms with Crippen molar-refractivity contribution in [3.05, 3.63) is 54.0 Å². The first kappa shape index (κ1) is 12.3. The van der Waals surface area contributed by atoms with Crippen LogP contribution in [0.5, 0.6) is 0 Å². The first-order valence-electron chi connectivity index (χ1n) is 6.26. The Morgan fingerprint density at radius 1 is 1.30 bits per heavy atom. The fourth-order valence-corrected chi connectivity index (χ4v) is 2.19. The third-order valence-corrected chi connectivity index (χ3v) is 3.15. The lowest BCUT2D eigenvalue weighted by molar-refractivity contribution is -0.136. The minimum absolute atomic E-state index is 0.0872. The summed E-state index contributed by atoms with van der Waals surface area (Å²) in [5, 5.41) is 9.10. The SMILES string of the molecule is Cc1ccc(-c2nc3ncccn3c2CC(=O)O)cc1. The standard InChI is InChI=1S/C15H13N3O2/c1-10-3-5-11(6-4-10)14-12(9-13(19)20)18-8-2-7-16-15(18)17-14/h2-8H,9H2,1H3,(H,19,20). The first-order chi connectivity index (χ1) is 9.65. The number of carboxylic acid groups (broad SMARTS) is 1. The number of benzene rings is 1. The molecule has 1 N–H and O–H groups in total. The van der Waals surface area contributed by atoms with Crippen LogP contribution in [0.2, 0.25) is 0 Å². The minimum atomic E-state index is -0.885. The van der Waals surface area contributed by atoms with E-state index in [-0.39, 0.29) is 6.42 Å². The molecule has 20 heavy (non-hydrogen) atoms. The summed E-state index contributed by atoms with van der Waals surface area (Å²) in [6, 6.07) is 9.62. The van der Waals surface area contributed by atoms with Crippen LogP contribution in [0.1, 0.15) is 11.3 Å². The quantitative estimate of drug-likeness (QED) is 0.790. The maximum absolute atomic E-state index is 11.1. The van der Waals surface area contributed by atoms with Crippen LogP contribution in [-0.4, -0.2) is 25.4 Å². The van der Waals surface area contributed by atoms with Gasteiger partial charge in [-0.2, -0.15) is 0 Å². The summed E-state index contributed by atoms with van der Waals surface area (Å²) < 4.78 is 1.73. The number of hydrogen-bond donors (Lipinski definition) is 1. The second-order valence-electron chi connectivity index (χ2n) is 4.63. The third-order valence-electron chi connectivity index (χ3n) is 3.15. The zero-order valence-corrected chi connectivity index (χ0v) is 10.9. The van der Waals surface area contributed by atoms with Gasteiger partial charge in [-0.25, -0.2) is 9.97 Å². The summed E-state index contributed by atoms with van der Waals surface area (Å²) >= 11 is 0. The molecule has 0 saturated heterocycles. The molecule has 0 bridgehead atoms. The highest BCUT2D eigenvalue weighted by molar-refractivity contribution is 5.75. The van der Waals surface area contributed by atoms with Crippen molar-refractivity contribution in [3.8, 4) is 11.3 Å². The predicted molar refractivity (Wildman–Crippen MR) is 74.5 cm³/mol. The van der Waals surface area contributed by atoms with E-state index in [4.69, 9.17) is 5.11 Å². The second kappa shape index (κ2) is 4.77. The normalized spacial score (nSPS) is 10.8. The van der Waals surface area contributed by atoms with Crippen molar-refractivity contribution in [2.75, 3.05) is 0 Å². The molecule has 5 heteroatoms. The van der Waals surface area contributed by atoms with E-state index in [1.165, 1.54) is 0 Å². The molecule has 0 spiro atoms. The molecule has 0 aliphatic rings. The van der Waals surface area contributed by atoms with Crippen molar-refractivity contribution < 1.29 is 9.90 Å². The van der Waals surface area contributed by atoms with Crippen molar-refractivity contribution >= 4 is 11.7 Å². The van der Waals surface area contributed by atoms with Crippen LogP contribution in [0.15, 0.2) is 42.7 Å². The van der Waals surface area contributed by atoms with Crippen molar-refractivity contribution in [2.45, 2.75) is 13.3 Å². The second-order valence-corrected chi connectivity index (χ2v) is 4.63. The Kier molecular flexibility index (Phi) is 2.95. The van der Waals surface area contributed by atoms with E-state index >= 15 is 0 Å². The van der Waals surface area contributed by atoms with E-state index in [0.29, 0.717) is 17.2 Å². The minimum Gasteiger partial charge on any atom is -0.481 e. The molecule has 0 amide bonds. The van der Waals surface area contributed by atoms with Crippen LogP contribution in [0, 0.1) is 6.92 Å². The molecule has 0 aliphatic heterocycles. The number of carboxylic acids is 1. The van der Waals surface area contributed by atoms with Gasteiger partial charge in [-0.1, -0.05) is 29.8 Å². The molecule has 3 rings (SSSR count). The highest BCUT2D eigenvalue weighted by atomic mass is 16.4. The Morgan fingerprint density at radius 3 is 2.75 bits per heavy atom. The average molecular weight is 267 g/mol. The van der Waals surface area contributed by atoms with Gasteiger partial charge in [0.2, 0.25) is 5.78 Å². The highest BCUT2D eigenvalue weighted by Crippen LogP contribution is 2.24. The number of carbonyl (C=O) groups is 1. The number of nitrogens with zero attached hydrogens (tertiary/aromatic N) is 3. The summed E-state index contributed by atoms with van der Waals surface area (Å²) in [6.07, 6.45) is 3.34. The Balaban J connectivity index is 2.23. The van der Waals surface area contributed by atoms with E-state index in [9.17, 15) is 4.79 Å². The molecule has 0 saturated carbocycles. The monoisotopic (exact) mass is 267 g/mol. The van der Waals surface area contributed by atoms with Gasteiger partial charge in [0, 0.05) is 18.0 Å². The van der Waals surface area contributed by atoms with Crippen LogP contribution in [-0.2, 0) is 11.2 Å². The molecule has 2 heterocycles. The van der Waals surface area contributed by atoms with E-state index in [1.807, 2.05) is 31.2 Å². The number of aryl methyl sites for hydroxylation is 1. The van der Waals surface area contributed by atoms with Crippen molar-refractivity contribution in [1.82, 2.24) is 14.4 Å². The van der Waals surface area contributed by atoms with Crippen LogP contribution < -0.4 is 0 Å². The molecule has 5 nitrogen and oxygen atoms in total. The molecular weight excluding hydrogens is 254 g/mol. The largest absolute Gasteiger partial charge is 0.481 e. The lowest BCUT2D eigenvalue weighted by Crippen LogP contribution is -2.04. The van der Waals surface area contributed by atoms with Crippen molar-refractivity contribution in [3.63, 3.8) is 0 Å². The summed E-state index contributed by atoms with van der Waals surface area (Å²) in [5.41, 5.74) is 3.36. The van der Waals surface area contributed by atoms with Crippen LogP contribution in [0.4, 0.5) is 0 Å². The van der Waals surface area contributed by atoms with Gasteiger partial charge in [-0.15, -0.1) is 0 Å². The lowest BCUT2D eigenvalue weighted by atomic mass is 10.1. The smallest absolute Gasteiger partial charge is 0.309 e. The molecule has 0 unspecified atom stereocenters. The van der Waals surface area contributed by atoms with Crippen molar-refractivity contribution in [2.24, 2.45) is 0 Å². The maximum Gasteiger partial charge on any atom is 0.309 e. The van der Waals surface area contributed by atoms with E-state index in [1.54, 1.807) is 22.9 Å². The number of aliphatic carboxylic acids is 1. The number of rotatable bonds is 3. The molecule has 1 aromatic carbocycles. The summed E-state index contributed by atoms with van der Waals surface area (Å²) in [6.45, 7) is 2.01. The predicted octanol–water partition coefficient (Wildman–Crippen LogP) is 2.33. The Bertz CT molecular complexity index is 775. The fraction of sp³-hybridized carbons (Fsp3) is 0.133. The summed E-state index contributed by atoms with van der Waals surface area (Å²) in [4.78, 5) is 19.7. The Hall–Kier alpha value is -2.69. The van der Waals surface area contributed by atoms with Gasteiger partial charge in [-0.3, -0.25) is 9.20 Å². The molecule has 0 aliphatic carbocycles. The zero-order chi connectivity index (χ0) is 14.1. The molecule has 3 aromatic rings. The van der Waals surface area contributed by atoms with Crippen LogP contribution in [0.3, 0.4) is 0 Å². The number of hydrogen-bond acceptors (Lipinski definition) is 3. The molecule has 0 radical (unpaired) electrons. The summed E-state index contributed by atoms with van der Waals surface area (Å²) in [7, 11) is 0. The van der Waals surface area contributed by atoms with Gasteiger partial charge < -0.3 is 5.11 Å². The van der Waals surface area contributed by atoms with Gasteiger partial charge in [0.25, 0.3) is 0 Å². The maximum atomic E-state index is 11.1. The van der Waals surface area contributed by atoms with Crippen LogP contribution in [0.25, 0.3) is 17.0 Å². The van der Waals surface area contributed by atoms with E-state index in [2.05, 4.69) is 9.97 Å². The topological polar surface area (TPSA) is 67.5 Å². The Morgan fingerprint density at radius 2 is 2.05 bits per heavy atom. The molecular formula is C15H13N3O2. The zero-order valence-electron chi connectivity index (χ0n) is 10.9. The number of fused-ring (bicyclic) bond motifs is 1. The van der Waals surface area contributed by atoms with Gasteiger partial charge in [0.1, 0.15) is 0 Å². The number of aromatic nitrogens is 3. The highest BCUT2D eigenvalue weighted by Gasteiger charge is 2.16. The average Bonchev–Trinajstić information content (AvgIpc) is 2.78. The molecule has 0 atom stereocenters. The van der Waals surface area contributed by atoms with E-state index < -0.39 is 5.97 Å². The van der Waals surface area contributed by atoms with E-state index in [0.717, 1.165) is 11.1 Å². The van der Waals surface area contributed by atoms with Crippen molar-refractivity contribution in [1.29, 1.82) is 0 Å². The molecule has 2 aromatic heterocycles. The first-order valence-corrected chi connectivity index (χ1v) is 6.26. The van der Waals surface area contributed by atoms with Crippen LogP contribution >= 0.6 is 0 Å². The van der Waals surface area contributed by atoms with Gasteiger partial charge in [-0.05, 0) is 13.0 Å². The number of imidazole rings is 1. The van der Waals surface area contributed by atoms with Gasteiger partial charge >= 0.3 is 5.97 Å². The fourth-order valence-electron chi connectivity index (χ4n) is 2.19. The molecule has 100 valence electrons. The van der Waals surface area contributed by atoms with Gasteiger partial charge in [0.15, 0.2) is 0 Å². The third kappa shape index (κ3) is 2.14. The Labute approximate surface area is 115 Å². The summed E-state index contributed by atoms with van der Waals surface area (Å²) in [5.74, 6) is -0.372. The van der Waals surface area contributed by atoms with Gasteiger partial charge in [0.05, 0.1) is 17.8 Å². The lowest BCUT2D eigenvalue weighted by Gasteiger charge is -2.03.